The number of para-hydroxylation sites is 2. The zero-order valence-electron chi connectivity index (χ0n) is 32.2. The molecule has 282 valence electrons. The maximum atomic E-state index is 6.64. The summed E-state index contributed by atoms with van der Waals surface area (Å²) in [5.41, 5.74) is 14.0. The van der Waals surface area contributed by atoms with Crippen molar-refractivity contribution >= 4 is 81.6 Å². The number of anilines is 3. The van der Waals surface area contributed by atoms with Gasteiger partial charge in [0.05, 0.1) is 11.1 Å². The van der Waals surface area contributed by atoms with Crippen molar-refractivity contribution in [3.05, 3.63) is 206 Å². The first-order valence-electron chi connectivity index (χ1n) is 20.1. The molecule has 12 aromatic rings. The normalized spacial score (nSPS) is 11.7. The van der Waals surface area contributed by atoms with Crippen LogP contribution in [0.15, 0.2) is 215 Å². The Hall–Kier alpha value is -7.73. The first-order valence-corrected chi connectivity index (χ1v) is 20.9. The van der Waals surface area contributed by atoms with E-state index in [1.807, 2.05) is 59.9 Å². The van der Waals surface area contributed by atoms with Crippen LogP contribution in [-0.2, 0) is 0 Å². The molecule has 0 aliphatic rings. The van der Waals surface area contributed by atoms with Gasteiger partial charge < -0.3 is 13.7 Å². The predicted molar refractivity (Wildman–Crippen MR) is 251 cm³/mol. The molecule has 3 aromatic heterocycles. The Morgan fingerprint density at radius 3 is 1.77 bits per heavy atom. The van der Waals surface area contributed by atoms with Crippen LogP contribution >= 0.6 is 11.3 Å². The number of furan rings is 1. The van der Waals surface area contributed by atoms with Crippen LogP contribution in [-0.4, -0.2) is 4.98 Å². The van der Waals surface area contributed by atoms with Crippen molar-refractivity contribution < 1.29 is 8.83 Å². The molecule has 12 rings (SSSR count). The third-order valence-corrected chi connectivity index (χ3v) is 12.8. The molecule has 0 bridgehead atoms. The van der Waals surface area contributed by atoms with Gasteiger partial charge >= 0.3 is 0 Å². The maximum absolute atomic E-state index is 6.64. The number of hydrogen-bond acceptors (Lipinski definition) is 5. The second kappa shape index (κ2) is 14.0. The highest BCUT2D eigenvalue weighted by molar-refractivity contribution is 7.26. The van der Waals surface area contributed by atoms with E-state index in [2.05, 4.69) is 163 Å². The molecule has 0 aliphatic carbocycles. The average molecular weight is 787 g/mol. The van der Waals surface area contributed by atoms with Gasteiger partial charge in [0.15, 0.2) is 5.58 Å². The molecule has 9 aromatic carbocycles. The van der Waals surface area contributed by atoms with Gasteiger partial charge in [-0.1, -0.05) is 146 Å². The van der Waals surface area contributed by atoms with Gasteiger partial charge in [-0.25, -0.2) is 4.98 Å². The molecule has 5 heteroatoms. The Labute approximate surface area is 349 Å². The van der Waals surface area contributed by atoms with Crippen molar-refractivity contribution in [2.24, 2.45) is 0 Å². The van der Waals surface area contributed by atoms with Crippen molar-refractivity contribution in [1.29, 1.82) is 0 Å². The summed E-state index contributed by atoms with van der Waals surface area (Å²) in [6.45, 7) is 0. The summed E-state index contributed by atoms with van der Waals surface area (Å²) in [6, 6.07) is 72.7. The van der Waals surface area contributed by atoms with Crippen molar-refractivity contribution in [3.8, 4) is 44.8 Å². The van der Waals surface area contributed by atoms with Crippen LogP contribution in [0, 0.1) is 0 Å². The Bertz CT molecular complexity index is 3530. The van der Waals surface area contributed by atoms with Crippen molar-refractivity contribution in [3.63, 3.8) is 0 Å². The van der Waals surface area contributed by atoms with E-state index in [4.69, 9.17) is 13.8 Å². The summed E-state index contributed by atoms with van der Waals surface area (Å²) in [6.07, 6.45) is 0. The van der Waals surface area contributed by atoms with Gasteiger partial charge in [-0.15, -0.1) is 11.3 Å². The topological polar surface area (TPSA) is 42.4 Å². The lowest BCUT2D eigenvalue weighted by Crippen LogP contribution is -2.11. The molecule has 3 heterocycles. The zero-order valence-corrected chi connectivity index (χ0v) is 33.1. The fraction of sp³-hybridized carbons (Fsp3) is 0. The van der Waals surface area contributed by atoms with E-state index in [-0.39, 0.29) is 0 Å². The fourth-order valence-electron chi connectivity index (χ4n) is 8.71. The number of fused-ring (bicyclic) bond motifs is 8. The van der Waals surface area contributed by atoms with Crippen molar-refractivity contribution in [2.75, 3.05) is 4.90 Å². The Balaban J connectivity index is 0.999. The van der Waals surface area contributed by atoms with Gasteiger partial charge in [0, 0.05) is 53.6 Å². The van der Waals surface area contributed by atoms with E-state index in [9.17, 15) is 0 Å². The average Bonchev–Trinajstić information content (AvgIpc) is 4.04. The monoisotopic (exact) mass is 786 g/mol. The van der Waals surface area contributed by atoms with Gasteiger partial charge in [0.2, 0.25) is 5.89 Å². The highest BCUT2D eigenvalue weighted by atomic mass is 32.1. The molecular formula is C55H34N2O2S. The van der Waals surface area contributed by atoms with Crippen LogP contribution in [0.5, 0.6) is 0 Å². The number of nitrogens with zero attached hydrogens (tertiary/aromatic N) is 2. The van der Waals surface area contributed by atoms with Crippen LogP contribution in [0.2, 0.25) is 0 Å². The second-order valence-corrected chi connectivity index (χ2v) is 16.1. The summed E-state index contributed by atoms with van der Waals surface area (Å²) in [5.74, 6) is 0.587. The zero-order chi connectivity index (χ0) is 39.6. The summed E-state index contributed by atoms with van der Waals surface area (Å²) >= 11 is 1.86. The van der Waals surface area contributed by atoms with Crippen molar-refractivity contribution in [1.82, 2.24) is 4.98 Å². The quantitative estimate of drug-likeness (QED) is 0.161. The molecule has 60 heavy (non-hydrogen) atoms. The molecule has 0 N–H and O–H groups in total. The lowest BCUT2D eigenvalue weighted by atomic mass is 9.99. The second-order valence-electron chi connectivity index (χ2n) is 15.1. The van der Waals surface area contributed by atoms with Crippen LogP contribution in [0.3, 0.4) is 0 Å². The van der Waals surface area contributed by atoms with Gasteiger partial charge in [0.1, 0.15) is 16.7 Å². The van der Waals surface area contributed by atoms with Crippen LogP contribution in [0.1, 0.15) is 0 Å². The standard InChI is InChI=1S/C55H34N2O2S/c1-3-14-35(15-4-1)41-18-7-10-23-47(41)57(39-30-26-36(27-31-39)42-21-13-22-44-43-19-9-12-25-50(43)60-54(42)44)40-32-28-37(29-33-40)46-34-49-52(56-55(59-49)38-16-5-2-6-17-38)51-45-20-8-11-24-48(45)58-53(46)51/h1-34H. The maximum Gasteiger partial charge on any atom is 0.227 e. The molecule has 0 unspecified atom stereocenters. The van der Waals surface area contributed by atoms with E-state index in [1.165, 1.54) is 31.3 Å². The molecule has 0 fully saturated rings. The largest absolute Gasteiger partial charge is 0.455 e. The molecule has 0 amide bonds. The van der Waals surface area contributed by atoms with Crippen LogP contribution < -0.4 is 4.90 Å². The number of aromatic nitrogens is 1. The highest BCUT2D eigenvalue weighted by Gasteiger charge is 2.22. The molecule has 0 saturated carbocycles. The molecule has 0 radical (unpaired) electrons. The molecule has 0 atom stereocenters. The number of benzene rings is 9. The third kappa shape index (κ3) is 5.63. The summed E-state index contributed by atoms with van der Waals surface area (Å²) < 4.78 is 15.8. The Kier molecular flexibility index (Phi) is 8.00. The fourth-order valence-corrected chi connectivity index (χ4v) is 9.94. The first kappa shape index (κ1) is 34.3. The highest BCUT2D eigenvalue weighted by Crippen LogP contribution is 2.46. The van der Waals surface area contributed by atoms with Gasteiger partial charge in [-0.2, -0.15) is 0 Å². The number of thiophene rings is 1. The number of rotatable bonds is 7. The molecule has 0 saturated heterocycles. The van der Waals surface area contributed by atoms with Gasteiger partial charge in [0.25, 0.3) is 0 Å². The smallest absolute Gasteiger partial charge is 0.227 e. The lowest BCUT2D eigenvalue weighted by Gasteiger charge is -2.28. The van der Waals surface area contributed by atoms with Gasteiger partial charge in [-0.05, 0) is 82.9 Å². The van der Waals surface area contributed by atoms with Crippen molar-refractivity contribution in [2.45, 2.75) is 0 Å². The molecule has 0 aliphatic heterocycles. The van der Waals surface area contributed by atoms with Crippen LogP contribution in [0.4, 0.5) is 17.1 Å². The Morgan fingerprint density at radius 1 is 0.417 bits per heavy atom. The number of oxazole rings is 1. The van der Waals surface area contributed by atoms with Crippen LogP contribution in [0.25, 0.3) is 98.0 Å². The minimum absolute atomic E-state index is 0.587. The summed E-state index contributed by atoms with van der Waals surface area (Å²) in [4.78, 5) is 7.38. The van der Waals surface area contributed by atoms with Gasteiger partial charge in [-0.3, -0.25) is 0 Å². The molecule has 4 nitrogen and oxygen atoms in total. The van der Waals surface area contributed by atoms with E-state index in [1.54, 1.807) is 0 Å². The van der Waals surface area contributed by atoms with E-state index >= 15 is 0 Å². The van der Waals surface area contributed by atoms with E-state index in [0.29, 0.717) is 5.89 Å². The summed E-state index contributed by atoms with van der Waals surface area (Å²) in [5, 5.41) is 4.58. The minimum Gasteiger partial charge on any atom is -0.455 e. The third-order valence-electron chi connectivity index (χ3n) is 11.5. The summed E-state index contributed by atoms with van der Waals surface area (Å²) in [7, 11) is 0. The Morgan fingerprint density at radius 2 is 1.00 bits per heavy atom. The first-order chi connectivity index (χ1) is 29.7. The predicted octanol–water partition coefficient (Wildman–Crippen LogP) is 16.2. The van der Waals surface area contributed by atoms with E-state index in [0.717, 1.165) is 77.9 Å². The van der Waals surface area contributed by atoms with E-state index < -0.39 is 0 Å². The molecular weight excluding hydrogens is 753 g/mol. The SMILES string of the molecule is c1ccc(-c2nc3c(cc(-c4ccc(N(c5ccc(-c6cccc7c6sc6ccccc67)cc5)c5ccccc5-c5ccccc5)cc4)c4oc5ccccc5c43)o2)cc1. The lowest BCUT2D eigenvalue weighted by molar-refractivity contribution is 0.619. The number of hydrogen-bond donors (Lipinski definition) is 0. The molecule has 0 spiro atoms. The minimum atomic E-state index is 0.587.